The van der Waals surface area contributed by atoms with E-state index in [0.29, 0.717) is 23.6 Å². The maximum atomic E-state index is 13.8. The molecule has 0 aromatic heterocycles. The number of hydrogen-bond donors (Lipinski definition) is 1. The first kappa shape index (κ1) is 21.3. The Bertz CT molecular complexity index is 637. The molecule has 0 saturated carbocycles. The molecule has 0 heterocycles. The molecule has 0 radical (unpaired) electrons. The van der Waals surface area contributed by atoms with E-state index < -0.39 is 0 Å². The van der Waals surface area contributed by atoms with Crippen LogP contribution in [0.5, 0.6) is 11.5 Å². The molecule has 0 amide bonds. The van der Waals surface area contributed by atoms with E-state index in [1.807, 2.05) is 18.2 Å². The van der Waals surface area contributed by atoms with Gasteiger partial charge in [-0.25, -0.2) is 4.39 Å². The summed E-state index contributed by atoms with van der Waals surface area (Å²) < 4.78 is 25.1. The fourth-order valence-corrected chi connectivity index (χ4v) is 2.51. The van der Waals surface area contributed by atoms with E-state index in [-0.39, 0.29) is 24.8 Å². The number of nitrogens with one attached hydrogen (secondary N) is 1. The molecule has 0 fully saturated rings. The van der Waals surface area contributed by atoms with Crippen molar-refractivity contribution in [1.29, 1.82) is 0 Å². The van der Waals surface area contributed by atoms with Gasteiger partial charge in [-0.2, -0.15) is 0 Å². The molecule has 2 aromatic carbocycles. The second-order valence-corrected chi connectivity index (χ2v) is 5.71. The molecule has 0 aliphatic rings. The first-order valence-corrected chi connectivity index (χ1v) is 8.49. The van der Waals surface area contributed by atoms with Crippen LogP contribution < -0.4 is 14.8 Å². The highest BCUT2D eigenvalue weighted by atomic mass is 35.5. The van der Waals surface area contributed by atoms with Crippen LogP contribution in [0, 0.1) is 5.82 Å². The van der Waals surface area contributed by atoms with Crippen molar-refractivity contribution in [3.63, 3.8) is 0 Å². The summed E-state index contributed by atoms with van der Waals surface area (Å²) in [6.45, 7) is 4.04. The second-order valence-electron chi connectivity index (χ2n) is 5.71. The highest BCUT2D eigenvalue weighted by molar-refractivity contribution is 5.85. The maximum Gasteiger partial charge on any atom is 0.166 e. The monoisotopic (exact) mass is 367 g/mol. The summed E-state index contributed by atoms with van der Waals surface area (Å²) in [6.07, 6.45) is 3.59. The van der Waals surface area contributed by atoms with Crippen molar-refractivity contribution < 1.29 is 13.9 Å². The van der Waals surface area contributed by atoms with Crippen LogP contribution in [-0.4, -0.2) is 13.7 Å². The number of halogens is 2. The molecule has 138 valence electrons. The predicted molar refractivity (Wildman–Crippen MR) is 102 cm³/mol. The van der Waals surface area contributed by atoms with Gasteiger partial charge in [-0.3, -0.25) is 0 Å². The van der Waals surface area contributed by atoms with Crippen molar-refractivity contribution in [3.05, 3.63) is 59.4 Å². The summed E-state index contributed by atoms with van der Waals surface area (Å²) in [4.78, 5) is 0. The summed E-state index contributed by atoms with van der Waals surface area (Å²) in [7, 11) is 1.61. The minimum absolute atomic E-state index is 0. The molecule has 2 rings (SSSR count). The van der Waals surface area contributed by atoms with Crippen LogP contribution in [0.4, 0.5) is 4.39 Å². The molecular weight excluding hydrogens is 341 g/mol. The van der Waals surface area contributed by atoms with Gasteiger partial charge in [-0.1, -0.05) is 50.1 Å². The number of benzene rings is 2. The molecule has 0 saturated heterocycles. The maximum absolute atomic E-state index is 13.8. The molecule has 0 aliphatic heterocycles. The Hall–Kier alpha value is -1.78. The lowest BCUT2D eigenvalue weighted by Crippen LogP contribution is -2.15. The van der Waals surface area contributed by atoms with Crippen molar-refractivity contribution in [2.45, 2.75) is 39.3 Å². The molecular formula is C20H27ClFNO2. The van der Waals surface area contributed by atoms with E-state index in [0.717, 1.165) is 18.5 Å². The van der Waals surface area contributed by atoms with Gasteiger partial charge in [0.2, 0.25) is 0 Å². The summed E-state index contributed by atoms with van der Waals surface area (Å²) in [6, 6.07) is 12.5. The Labute approximate surface area is 156 Å². The molecule has 0 spiro atoms. The van der Waals surface area contributed by atoms with Crippen LogP contribution in [0.15, 0.2) is 42.5 Å². The number of ether oxygens (including phenoxy) is 2. The van der Waals surface area contributed by atoms with Gasteiger partial charge >= 0.3 is 0 Å². The average molecular weight is 368 g/mol. The van der Waals surface area contributed by atoms with Crippen molar-refractivity contribution in [1.82, 2.24) is 5.32 Å². The van der Waals surface area contributed by atoms with Crippen LogP contribution in [0.3, 0.4) is 0 Å². The summed E-state index contributed by atoms with van der Waals surface area (Å²) >= 11 is 0. The number of methoxy groups -OCH3 is 1. The smallest absolute Gasteiger partial charge is 0.166 e. The van der Waals surface area contributed by atoms with E-state index in [9.17, 15) is 4.39 Å². The van der Waals surface area contributed by atoms with Gasteiger partial charge in [0.1, 0.15) is 12.4 Å². The largest absolute Gasteiger partial charge is 0.493 e. The molecule has 1 N–H and O–H groups in total. The minimum Gasteiger partial charge on any atom is -0.493 e. The molecule has 3 nitrogen and oxygen atoms in total. The zero-order valence-electron chi connectivity index (χ0n) is 14.9. The van der Waals surface area contributed by atoms with Crippen molar-refractivity contribution in [2.75, 3.05) is 13.7 Å². The van der Waals surface area contributed by atoms with Gasteiger partial charge in [0.15, 0.2) is 11.5 Å². The van der Waals surface area contributed by atoms with Gasteiger partial charge in [0, 0.05) is 17.7 Å². The highest BCUT2D eigenvalue weighted by Gasteiger charge is 2.11. The average Bonchev–Trinajstić information content (AvgIpc) is 2.61. The van der Waals surface area contributed by atoms with Crippen LogP contribution in [0.2, 0.25) is 0 Å². The van der Waals surface area contributed by atoms with Crippen LogP contribution in [0.1, 0.15) is 37.3 Å². The number of para-hydroxylation sites is 1. The molecule has 0 bridgehead atoms. The third-order valence-corrected chi connectivity index (χ3v) is 3.88. The number of unbranched alkanes of at least 4 members (excludes halogenated alkanes) is 2. The SMILES string of the molecule is CCCCCNCc1cccc(OC)c1OCc1ccccc1F.Cl. The van der Waals surface area contributed by atoms with E-state index in [2.05, 4.69) is 12.2 Å². The number of hydrogen-bond acceptors (Lipinski definition) is 3. The van der Waals surface area contributed by atoms with E-state index in [4.69, 9.17) is 9.47 Å². The van der Waals surface area contributed by atoms with Crippen molar-refractivity contribution in [2.24, 2.45) is 0 Å². The standard InChI is InChI=1S/C20H26FNO2.ClH/c1-3-4-7-13-22-14-16-10-8-12-19(23-2)20(16)24-15-17-9-5-6-11-18(17)21;/h5-6,8-12,22H,3-4,7,13-15H2,1-2H3;1H. The van der Waals surface area contributed by atoms with E-state index in [1.54, 1.807) is 25.3 Å². The Morgan fingerprint density at radius 1 is 1.00 bits per heavy atom. The third-order valence-electron chi connectivity index (χ3n) is 3.88. The zero-order valence-corrected chi connectivity index (χ0v) is 15.7. The third kappa shape index (κ3) is 6.56. The fraction of sp³-hybridized carbons (Fsp3) is 0.400. The van der Waals surface area contributed by atoms with Crippen LogP contribution in [-0.2, 0) is 13.2 Å². The Balaban J connectivity index is 0.00000312. The topological polar surface area (TPSA) is 30.5 Å². The summed E-state index contributed by atoms with van der Waals surface area (Å²) in [5, 5.41) is 3.43. The Morgan fingerprint density at radius 3 is 2.48 bits per heavy atom. The van der Waals surface area contributed by atoms with Crippen molar-refractivity contribution in [3.8, 4) is 11.5 Å². The van der Waals surface area contributed by atoms with Crippen LogP contribution in [0.25, 0.3) is 0 Å². The molecule has 0 unspecified atom stereocenters. The summed E-state index contributed by atoms with van der Waals surface area (Å²) in [5.74, 6) is 1.08. The van der Waals surface area contributed by atoms with Crippen molar-refractivity contribution >= 4 is 12.4 Å². The first-order valence-electron chi connectivity index (χ1n) is 8.49. The molecule has 2 aromatic rings. The van der Waals surface area contributed by atoms with E-state index >= 15 is 0 Å². The molecule has 0 aliphatic carbocycles. The molecule has 5 heteroatoms. The minimum atomic E-state index is -0.258. The van der Waals surface area contributed by atoms with Gasteiger partial charge in [0.05, 0.1) is 7.11 Å². The fourth-order valence-electron chi connectivity index (χ4n) is 2.51. The zero-order chi connectivity index (χ0) is 17.2. The predicted octanol–water partition coefficient (Wildman–Crippen LogP) is 5.11. The van der Waals surface area contributed by atoms with Gasteiger partial charge < -0.3 is 14.8 Å². The van der Waals surface area contributed by atoms with Crippen LogP contribution >= 0.6 is 12.4 Å². The Morgan fingerprint density at radius 2 is 1.76 bits per heavy atom. The quantitative estimate of drug-likeness (QED) is 0.591. The lowest BCUT2D eigenvalue weighted by Gasteiger charge is -2.16. The second kappa shape index (κ2) is 11.7. The lowest BCUT2D eigenvalue weighted by atomic mass is 10.1. The first-order chi connectivity index (χ1) is 11.8. The molecule has 0 atom stereocenters. The normalized spacial score (nSPS) is 10.2. The highest BCUT2D eigenvalue weighted by Crippen LogP contribution is 2.32. The van der Waals surface area contributed by atoms with Gasteiger partial charge in [-0.05, 0) is 25.1 Å². The Kier molecular flexibility index (Phi) is 9.97. The summed E-state index contributed by atoms with van der Waals surface area (Å²) in [5.41, 5.74) is 1.55. The van der Waals surface area contributed by atoms with Gasteiger partial charge in [-0.15, -0.1) is 12.4 Å². The molecule has 25 heavy (non-hydrogen) atoms. The number of rotatable bonds is 10. The lowest BCUT2D eigenvalue weighted by molar-refractivity contribution is 0.276. The van der Waals surface area contributed by atoms with Gasteiger partial charge in [0.25, 0.3) is 0 Å². The van der Waals surface area contributed by atoms with E-state index in [1.165, 1.54) is 18.9 Å².